The average Bonchev–Trinajstić information content (AvgIpc) is 3.06. The van der Waals surface area contributed by atoms with Crippen molar-refractivity contribution in [3.05, 3.63) is 24.3 Å². The van der Waals surface area contributed by atoms with Crippen LogP contribution in [-0.2, 0) is 4.79 Å². The van der Waals surface area contributed by atoms with E-state index in [2.05, 4.69) is 16.0 Å². The number of thioether (sulfide) groups is 1. The van der Waals surface area contributed by atoms with Gasteiger partial charge in [0.25, 0.3) is 0 Å². The van der Waals surface area contributed by atoms with Crippen molar-refractivity contribution >= 4 is 29.4 Å². The second-order valence-electron chi connectivity index (χ2n) is 5.93. The van der Waals surface area contributed by atoms with Crippen LogP contribution in [0.5, 0.6) is 5.75 Å². The van der Waals surface area contributed by atoms with Crippen LogP contribution in [0, 0.1) is 0 Å². The predicted octanol–water partition coefficient (Wildman–Crippen LogP) is 2.06. The number of anilines is 1. The van der Waals surface area contributed by atoms with Crippen molar-refractivity contribution in [2.75, 3.05) is 11.1 Å². The normalized spacial score (nSPS) is 25.6. The Hall–Kier alpha value is -1.89. The van der Waals surface area contributed by atoms with E-state index in [1.54, 1.807) is 24.3 Å². The van der Waals surface area contributed by atoms with Crippen LogP contribution in [0.1, 0.15) is 25.7 Å². The number of phenolic OH excluding ortho intramolecular Hbond substituents is 1. The summed E-state index contributed by atoms with van der Waals surface area (Å²) in [5.74, 6) is 0.958. The van der Waals surface area contributed by atoms with Gasteiger partial charge in [0.05, 0.1) is 17.8 Å². The van der Waals surface area contributed by atoms with Crippen LogP contribution >= 0.6 is 11.8 Å². The molecule has 23 heavy (non-hydrogen) atoms. The van der Waals surface area contributed by atoms with E-state index in [0.717, 1.165) is 25.0 Å². The van der Waals surface area contributed by atoms with Crippen molar-refractivity contribution in [3.63, 3.8) is 0 Å². The minimum absolute atomic E-state index is 0.0626. The fourth-order valence-electron chi connectivity index (χ4n) is 3.07. The van der Waals surface area contributed by atoms with Gasteiger partial charge in [0.2, 0.25) is 5.91 Å². The number of phenols is 1. The number of para-hydroxylation sites is 2. The predicted molar refractivity (Wildman–Crippen MR) is 90.7 cm³/mol. The molecule has 7 heteroatoms. The molecule has 124 valence electrons. The molecule has 0 radical (unpaired) electrons. The van der Waals surface area contributed by atoms with Gasteiger partial charge in [0.15, 0.2) is 0 Å². The van der Waals surface area contributed by atoms with Gasteiger partial charge >= 0.3 is 6.03 Å². The summed E-state index contributed by atoms with van der Waals surface area (Å²) >= 11 is 1.89. The molecule has 0 saturated carbocycles. The number of fused-ring (bicyclic) bond motifs is 1. The molecule has 3 rings (SSSR count). The summed E-state index contributed by atoms with van der Waals surface area (Å²) in [5.41, 5.74) is 0.450. The molecular weight excluding hydrogens is 314 g/mol. The molecule has 0 spiro atoms. The molecule has 0 aliphatic carbocycles. The molecule has 2 heterocycles. The van der Waals surface area contributed by atoms with Crippen molar-refractivity contribution in [1.82, 2.24) is 10.6 Å². The summed E-state index contributed by atoms with van der Waals surface area (Å²) in [6.07, 6.45) is 3.18. The fraction of sp³-hybridized carbons (Fsp3) is 0.500. The first-order chi connectivity index (χ1) is 11.1. The van der Waals surface area contributed by atoms with E-state index < -0.39 is 0 Å². The summed E-state index contributed by atoms with van der Waals surface area (Å²) in [4.78, 5) is 23.2. The highest BCUT2D eigenvalue weighted by molar-refractivity contribution is 8.00. The number of aromatic hydroxyl groups is 1. The van der Waals surface area contributed by atoms with E-state index in [1.807, 2.05) is 11.8 Å². The third-order valence-corrected chi connectivity index (χ3v) is 5.77. The number of nitrogens with one attached hydrogen (secondary N) is 3. The lowest BCUT2D eigenvalue weighted by atomic mass is 10.0. The molecule has 1 aromatic rings. The van der Waals surface area contributed by atoms with Gasteiger partial charge in [0, 0.05) is 17.4 Å². The lowest BCUT2D eigenvalue weighted by molar-refractivity contribution is -0.116. The Morgan fingerprint density at radius 2 is 2.13 bits per heavy atom. The zero-order valence-electron chi connectivity index (χ0n) is 12.7. The number of carbonyl (C=O) groups excluding carboxylic acids is 2. The number of benzene rings is 1. The second-order valence-corrected chi connectivity index (χ2v) is 7.21. The zero-order valence-corrected chi connectivity index (χ0v) is 13.6. The number of urea groups is 1. The first kappa shape index (κ1) is 16.0. The van der Waals surface area contributed by atoms with Gasteiger partial charge in [-0.3, -0.25) is 4.79 Å². The number of carbonyl (C=O) groups is 2. The molecule has 4 N–H and O–H groups in total. The van der Waals surface area contributed by atoms with E-state index in [4.69, 9.17) is 0 Å². The number of hydrogen-bond donors (Lipinski definition) is 4. The maximum atomic E-state index is 11.9. The van der Waals surface area contributed by atoms with E-state index in [9.17, 15) is 14.7 Å². The summed E-state index contributed by atoms with van der Waals surface area (Å²) < 4.78 is 0. The smallest absolute Gasteiger partial charge is 0.315 e. The minimum atomic E-state index is -0.0840. The Labute approximate surface area is 139 Å². The largest absolute Gasteiger partial charge is 0.506 e. The third kappa shape index (κ3) is 3.90. The molecule has 3 amide bonds. The van der Waals surface area contributed by atoms with Crippen LogP contribution < -0.4 is 16.0 Å². The molecule has 6 nitrogen and oxygen atoms in total. The summed E-state index contributed by atoms with van der Waals surface area (Å²) in [6, 6.07) is 7.13. The van der Waals surface area contributed by atoms with E-state index in [-0.39, 0.29) is 29.8 Å². The standard InChI is InChI=1S/C16H21N3O3S/c20-12-6-2-1-5-10(12)17-14(21)8-4-3-7-13-15-11(9-23-13)18-16(22)19-15/h1-2,5-6,11,13,15,20H,3-4,7-9H2,(H,17,21)(H2,18,19,22). The lowest BCUT2D eigenvalue weighted by Gasteiger charge is -2.16. The first-order valence-electron chi connectivity index (χ1n) is 7.90. The quantitative estimate of drug-likeness (QED) is 0.364. The Morgan fingerprint density at radius 1 is 1.30 bits per heavy atom. The molecule has 2 saturated heterocycles. The highest BCUT2D eigenvalue weighted by atomic mass is 32.2. The van der Waals surface area contributed by atoms with Gasteiger partial charge in [0.1, 0.15) is 5.75 Å². The maximum absolute atomic E-state index is 11.9. The van der Waals surface area contributed by atoms with Crippen LogP contribution in [0.15, 0.2) is 24.3 Å². The third-order valence-electron chi connectivity index (χ3n) is 4.26. The van der Waals surface area contributed by atoms with E-state index in [0.29, 0.717) is 17.4 Å². The molecule has 0 aromatic heterocycles. The second kappa shape index (κ2) is 7.12. The SMILES string of the molecule is O=C(CCCCC1SCC2NC(=O)NC21)Nc1ccccc1O. The van der Waals surface area contributed by atoms with Gasteiger partial charge in [-0.2, -0.15) is 11.8 Å². The number of unbranched alkanes of at least 4 members (excludes halogenated alkanes) is 1. The number of amides is 3. The summed E-state index contributed by atoms with van der Waals surface area (Å²) in [6.45, 7) is 0. The zero-order chi connectivity index (χ0) is 16.2. The molecule has 2 aliphatic heterocycles. The van der Waals surface area contributed by atoms with Crippen LogP contribution in [0.25, 0.3) is 0 Å². The molecule has 2 fully saturated rings. The molecule has 3 atom stereocenters. The molecule has 3 unspecified atom stereocenters. The number of hydrogen-bond acceptors (Lipinski definition) is 4. The van der Waals surface area contributed by atoms with Crippen LogP contribution in [0.2, 0.25) is 0 Å². The molecule has 2 aliphatic rings. The van der Waals surface area contributed by atoms with E-state index >= 15 is 0 Å². The topological polar surface area (TPSA) is 90.5 Å². The average molecular weight is 335 g/mol. The van der Waals surface area contributed by atoms with Crippen LogP contribution in [-0.4, -0.2) is 40.1 Å². The lowest BCUT2D eigenvalue weighted by Crippen LogP contribution is -2.36. The van der Waals surface area contributed by atoms with Crippen molar-refractivity contribution in [1.29, 1.82) is 0 Å². The van der Waals surface area contributed by atoms with Crippen molar-refractivity contribution in [2.45, 2.75) is 43.0 Å². The van der Waals surface area contributed by atoms with Gasteiger partial charge in [-0.25, -0.2) is 4.79 Å². The molecular formula is C16H21N3O3S. The van der Waals surface area contributed by atoms with Crippen molar-refractivity contribution in [3.8, 4) is 5.75 Å². The highest BCUT2D eigenvalue weighted by Crippen LogP contribution is 2.33. The van der Waals surface area contributed by atoms with Gasteiger partial charge in [-0.1, -0.05) is 18.6 Å². The van der Waals surface area contributed by atoms with Gasteiger partial charge in [-0.05, 0) is 25.0 Å². The Morgan fingerprint density at radius 3 is 2.96 bits per heavy atom. The molecule has 0 bridgehead atoms. The Bertz CT molecular complexity index is 596. The van der Waals surface area contributed by atoms with Crippen LogP contribution in [0.3, 0.4) is 0 Å². The minimum Gasteiger partial charge on any atom is -0.506 e. The Kier molecular flexibility index (Phi) is 4.95. The van der Waals surface area contributed by atoms with Gasteiger partial charge < -0.3 is 21.1 Å². The van der Waals surface area contributed by atoms with Crippen LogP contribution in [0.4, 0.5) is 10.5 Å². The summed E-state index contributed by atoms with van der Waals surface area (Å²) in [7, 11) is 0. The van der Waals surface area contributed by atoms with Gasteiger partial charge in [-0.15, -0.1) is 0 Å². The fourth-order valence-corrected chi connectivity index (χ4v) is 4.61. The monoisotopic (exact) mass is 335 g/mol. The number of rotatable bonds is 6. The van der Waals surface area contributed by atoms with Crippen molar-refractivity contribution in [2.24, 2.45) is 0 Å². The summed E-state index contributed by atoms with van der Waals surface area (Å²) in [5, 5.41) is 18.7. The first-order valence-corrected chi connectivity index (χ1v) is 8.95. The molecule has 1 aromatic carbocycles. The highest BCUT2D eigenvalue weighted by Gasteiger charge is 2.42. The van der Waals surface area contributed by atoms with E-state index in [1.165, 1.54) is 0 Å². The Balaban J connectivity index is 1.36. The maximum Gasteiger partial charge on any atom is 0.315 e. The van der Waals surface area contributed by atoms with Crippen molar-refractivity contribution < 1.29 is 14.7 Å².